The standard InChI is InChI=1S/C16H19N3O4S/c1-23-15-5-3-2-4-14(15)18-8-10-19(11-9-18)16-7-6-13(12-17-16)24(20,21)22/h2-7,12H,8-11H2,1H3,(H,20,21,22). The van der Waals surface area contributed by atoms with E-state index in [0.717, 1.165) is 37.6 Å². The molecule has 1 fully saturated rings. The predicted molar refractivity (Wildman–Crippen MR) is 91.5 cm³/mol. The summed E-state index contributed by atoms with van der Waals surface area (Å²) in [5.41, 5.74) is 1.06. The fourth-order valence-electron chi connectivity index (χ4n) is 2.78. The molecule has 128 valence electrons. The SMILES string of the molecule is COc1ccccc1N1CCN(c2ccc(S(=O)(=O)O)cn2)CC1. The summed E-state index contributed by atoms with van der Waals surface area (Å²) in [7, 11) is -2.54. The number of piperazine rings is 1. The van der Waals surface area contributed by atoms with Crippen LogP contribution >= 0.6 is 0 Å². The molecule has 2 heterocycles. The van der Waals surface area contributed by atoms with Crippen molar-refractivity contribution in [1.29, 1.82) is 0 Å². The largest absolute Gasteiger partial charge is 0.495 e. The molecule has 2 aromatic rings. The van der Waals surface area contributed by atoms with Crippen LogP contribution in [0.2, 0.25) is 0 Å². The van der Waals surface area contributed by atoms with E-state index in [1.165, 1.54) is 12.3 Å². The van der Waals surface area contributed by atoms with Gasteiger partial charge in [0.15, 0.2) is 0 Å². The lowest BCUT2D eigenvalue weighted by Crippen LogP contribution is -2.46. The molecule has 8 heteroatoms. The van der Waals surface area contributed by atoms with Gasteiger partial charge >= 0.3 is 0 Å². The van der Waals surface area contributed by atoms with Crippen molar-refractivity contribution >= 4 is 21.6 Å². The molecule has 0 aliphatic carbocycles. The normalized spacial score (nSPS) is 15.4. The number of nitrogens with zero attached hydrogens (tertiary/aromatic N) is 3. The van der Waals surface area contributed by atoms with Crippen molar-refractivity contribution < 1.29 is 17.7 Å². The van der Waals surface area contributed by atoms with Crippen molar-refractivity contribution in [1.82, 2.24) is 4.98 Å². The molecule has 1 aromatic carbocycles. The molecule has 0 amide bonds. The van der Waals surface area contributed by atoms with E-state index in [2.05, 4.69) is 14.8 Å². The number of aromatic nitrogens is 1. The maximum atomic E-state index is 11.1. The zero-order valence-corrected chi connectivity index (χ0v) is 14.1. The van der Waals surface area contributed by atoms with Crippen molar-refractivity contribution in [3.05, 3.63) is 42.6 Å². The lowest BCUT2D eigenvalue weighted by Gasteiger charge is -2.37. The van der Waals surface area contributed by atoms with Gasteiger partial charge in [-0.2, -0.15) is 8.42 Å². The topological polar surface area (TPSA) is 83.0 Å². The number of pyridine rings is 1. The molecule has 0 saturated carbocycles. The fraction of sp³-hybridized carbons (Fsp3) is 0.312. The van der Waals surface area contributed by atoms with Gasteiger partial charge in [0, 0.05) is 26.2 Å². The second kappa shape index (κ2) is 6.66. The summed E-state index contributed by atoms with van der Waals surface area (Å²) in [6, 6.07) is 10.9. The minimum atomic E-state index is -4.21. The highest BCUT2D eigenvalue weighted by Gasteiger charge is 2.21. The summed E-state index contributed by atoms with van der Waals surface area (Å²) in [5, 5.41) is 0. The summed E-state index contributed by atoms with van der Waals surface area (Å²) in [4.78, 5) is 8.28. The first-order chi connectivity index (χ1) is 11.5. The summed E-state index contributed by atoms with van der Waals surface area (Å²) in [6.45, 7) is 3.14. The summed E-state index contributed by atoms with van der Waals surface area (Å²) in [6.07, 6.45) is 1.18. The second-order valence-electron chi connectivity index (χ2n) is 5.47. The number of rotatable bonds is 4. The van der Waals surface area contributed by atoms with Crippen molar-refractivity contribution in [3.8, 4) is 5.75 Å². The minimum absolute atomic E-state index is 0.195. The molecule has 1 aliphatic heterocycles. The third kappa shape index (κ3) is 3.44. The first-order valence-electron chi connectivity index (χ1n) is 7.55. The monoisotopic (exact) mass is 349 g/mol. The zero-order chi connectivity index (χ0) is 17.2. The fourth-order valence-corrected chi connectivity index (χ4v) is 3.21. The highest BCUT2D eigenvalue weighted by Crippen LogP contribution is 2.29. The Bertz CT molecular complexity index is 800. The van der Waals surface area contributed by atoms with Crippen LogP contribution in [0.5, 0.6) is 5.75 Å². The average molecular weight is 349 g/mol. The lowest BCUT2D eigenvalue weighted by molar-refractivity contribution is 0.413. The zero-order valence-electron chi connectivity index (χ0n) is 13.3. The molecule has 24 heavy (non-hydrogen) atoms. The van der Waals surface area contributed by atoms with Gasteiger partial charge in [-0.3, -0.25) is 4.55 Å². The number of methoxy groups -OCH3 is 1. The molecule has 1 N–H and O–H groups in total. The quantitative estimate of drug-likeness (QED) is 0.841. The van der Waals surface area contributed by atoms with Gasteiger partial charge in [-0.25, -0.2) is 4.98 Å². The first-order valence-corrected chi connectivity index (χ1v) is 8.99. The van der Waals surface area contributed by atoms with Crippen LogP contribution in [-0.2, 0) is 10.1 Å². The summed E-state index contributed by atoms with van der Waals surface area (Å²) >= 11 is 0. The van der Waals surface area contributed by atoms with Gasteiger partial charge < -0.3 is 14.5 Å². The Morgan fingerprint density at radius 1 is 1.04 bits per heavy atom. The van der Waals surface area contributed by atoms with Crippen molar-refractivity contribution in [2.24, 2.45) is 0 Å². The van der Waals surface area contributed by atoms with Gasteiger partial charge in [0.2, 0.25) is 0 Å². The highest BCUT2D eigenvalue weighted by atomic mass is 32.2. The van der Waals surface area contributed by atoms with Gasteiger partial charge in [-0.05, 0) is 24.3 Å². The summed E-state index contributed by atoms with van der Waals surface area (Å²) < 4.78 is 36.5. The average Bonchev–Trinajstić information content (AvgIpc) is 2.61. The van der Waals surface area contributed by atoms with E-state index in [1.54, 1.807) is 13.2 Å². The predicted octanol–water partition coefficient (Wildman–Crippen LogP) is 1.66. The van der Waals surface area contributed by atoms with Crippen LogP contribution in [0.3, 0.4) is 0 Å². The first kappa shape index (κ1) is 16.5. The lowest BCUT2D eigenvalue weighted by atomic mass is 10.2. The third-order valence-electron chi connectivity index (χ3n) is 4.05. The molecule has 0 bridgehead atoms. The van der Waals surface area contributed by atoms with Crippen LogP contribution in [0.4, 0.5) is 11.5 Å². The van der Waals surface area contributed by atoms with Crippen LogP contribution in [0, 0.1) is 0 Å². The molecule has 3 rings (SSSR count). The molecular weight excluding hydrogens is 330 g/mol. The molecule has 1 aliphatic rings. The molecule has 0 atom stereocenters. The van der Waals surface area contributed by atoms with Crippen molar-refractivity contribution in [2.75, 3.05) is 43.1 Å². The van der Waals surface area contributed by atoms with E-state index < -0.39 is 10.1 Å². The molecule has 1 aromatic heterocycles. The molecule has 0 radical (unpaired) electrons. The third-order valence-corrected chi connectivity index (χ3v) is 4.89. The van der Waals surface area contributed by atoms with Crippen LogP contribution in [-0.4, -0.2) is 51.2 Å². The van der Waals surface area contributed by atoms with E-state index in [9.17, 15) is 8.42 Å². The smallest absolute Gasteiger partial charge is 0.296 e. The Kier molecular flexibility index (Phi) is 4.59. The minimum Gasteiger partial charge on any atom is -0.495 e. The van der Waals surface area contributed by atoms with E-state index in [1.807, 2.05) is 24.3 Å². The van der Waals surface area contributed by atoms with E-state index in [4.69, 9.17) is 9.29 Å². The maximum Gasteiger partial charge on any atom is 0.296 e. The van der Waals surface area contributed by atoms with Crippen LogP contribution in [0.25, 0.3) is 0 Å². The molecule has 7 nitrogen and oxygen atoms in total. The van der Waals surface area contributed by atoms with E-state index in [-0.39, 0.29) is 4.90 Å². The van der Waals surface area contributed by atoms with E-state index in [0.29, 0.717) is 5.82 Å². The Balaban J connectivity index is 1.69. The Morgan fingerprint density at radius 3 is 2.29 bits per heavy atom. The van der Waals surface area contributed by atoms with Gasteiger partial charge in [-0.1, -0.05) is 12.1 Å². The van der Waals surface area contributed by atoms with Gasteiger partial charge in [0.1, 0.15) is 16.5 Å². The number of ether oxygens (including phenoxy) is 1. The second-order valence-corrected chi connectivity index (χ2v) is 6.89. The molecule has 1 saturated heterocycles. The number of anilines is 2. The molecule has 0 spiro atoms. The summed E-state index contributed by atoms with van der Waals surface area (Å²) in [5.74, 6) is 1.55. The highest BCUT2D eigenvalue weighted by molar-refractivity contribution is 7.85. The maximum absolute atomic E-state index is 11.1. The Hall–Kier alpha value is -2.32. The van der Waals surface area contributed by atoms with Gasteiger partial charge in [-0.15, -0.1) is 0 Å². The van der Waals surface area contributed by atoms with Crippen molar-refractivity contribution in [3.63, 3.8) is 0 Å². The number of para-hydroxylation sites is 2. The van der Waals surface area contributed by atoms with E-state index >= 15 is 0 Å². The molecule has 0 unspecified atom stereocenters. The van der Waals surface area contributed by atoms with Gasteiger partial charge in [0.25, 0.3) is 10.1 Å². The van der Waals surface area contributed by atoms with Crippen LogP contribution < -0.4 is 14.5 Å². The number of hydrogen-bond acceptors (Lipinski definition) is 6. The Morgan fingerprint density at radius 2 is 1.71 bits per heavy atom. The number of hydrogen-bond donors (Lipinski definition) is 1. The van der Waals surface area contributed by atoms with Crippen molar-refractivity contribution in [2.45, 2.75) is 4.90 Å². The van der Waals surface area contributed by atoms with Crippen LogP contribution in [0.15, 0.2) is 47.5 Å². The molecular formula is C16H19N3O4S. The Labute approximate surface area is 141 Å². The number of benzene rings is 1. The van der Waals surface area contributed by atoms with Gasteiger partial charge in [0.05, 0.1) is 19.0 Å². The van der Waals surface area contributed by atoms with Crippen LogP contribution in [0.1, 0.15) is 0 Å².